The zero-order valence-corrected chi connectivity index (χ0v) is 16.9. The third kappa shape index (κ3) is 4.82. The summed E-state index contributed by atoms with van der Waals surface area (Å²) in [6.07, 6.45) is -0.684. The van der Waals surface area contributed by atoms with Crippen LogP contribution in [0.15, 0.2) is 42.5 Å². The van der Waals surface area contributed by atoms with E-state index in [-0.39, 0.29) is 24.1 Å². The van der Waals surface area contributed by atoms with Gasteiger partial charge in [-0.05, 0) is 57.0 Å². The molecular weight excluding hydrogens is 394 g/mol. The lowest BCUT2D eigenvalue weighted by atomic mass is 10.0. The van der Waals surface area contributed by atoms with Crippen molar-refractivity contribution in [3.63, 3.8) is 0 Å². The molecule has 0 aliphatic carbocycles. The number of carbonyl (C=O) groups excluding carboxylic acids is 3. The standard InChI is InChI=1S/C22H22F2N2O4/c1-22(2,3)30-21(29)25-14(10-13-8-9-17(23)18(24)11-13)12-26-19(27)15-6-4-5-7-16(15)20(26)28/h4-9,11,14H,10,12H2,1-3H3,(H,25,29)/t14-/m0/s1. The van der Waals surface area contributed by atoms with Crippen LogP contribution in [0.3, 0.4) is 0 Å². The van der Waals surface area contributed by atoms with Crippen molar-refractivity contribution in [2.45, 2.75) is 38.8 Å². The van der Waals surface area contributed by atoms with E-state index in [1.807, 2.05) is 0 Å². The number of halogens is 2. The summed E-state index contributed by atoms with van der Waals surface area (Å²) in [5.41, 5.74) is 0.204. The quantitative estimate of drug-likeness (QED) is 0.755. The molecule has 0 aromatic heterocycles. The van der Waals surface area contributed by atoms with E-state index in [4.69, 9.17) is 4.74 Å². The summed E-state index contributed by atoms with van der Waals surface area (Å²) in [5.74, 6) is -2.96. The summed E-state index contributed by atoms with van der Waals surface area (Å²) >= 11 is 0. The van der Waals surface area contributed by atoms with E-state index in [2.05, 4.69) is 5.32 Å². The molecule has 8 heteroatoms. The van der Waals surface area contributed by atoms with Crippen LogP contribution in [0.5, 0.6) is 0 Å². The molecule has 1 aliphatic heterocycles. The number of carbonyl (C=O) groups is 3. The van der Waals surface area contributed by atoms with E-state index in [0.29, 0.717) is 5.56 Å². The van der Waals surface area contributed by atoms with E-state index in [1.54, 1.807) is 45.0 Å². The fraction of sp³-hybridized carbons (Fsp3) is 0.318. The highest BCUT2D eigenvalue weighted by Crippen LogP contribution is 2.23. The molecular formula is C22H22F2N2O4. The van der Waals surface area contributed by atoms with Gasteiger partial charge in [-0.3, -0.25) is 14.5 Å². The van der Waals surface area contributed by atoms with Gasteiger partial charge in [-0.1, -0.05) is 18.2 Å². The summed E-state index contributed by atoms with van der Waals surface area (Å²) in [6.45, 7) is 4.94. The van der Waals surface area contributed by atoms with E-state index >= 15 is 0 Å². The van der Waals surface area contributed by atoms with Crippen LogP contribution >= 0.6 is 0 Å². The summed E-state index contributed by atoms with van der Waals surface area (Å²) in [4.78, 5) is 38.6. The van der Waals surface area contributed by atoms with Gasteiger partial charge in [0, 0.05) is 0 Å². The fourth-order valence-corrected chi connectivity index (χ4v) is 3.21. The lowest BCUT2D eigenvalue weighted by Gasteiger charge is -2.26. The molecule has 3 amide bonds. The van der Waals surface area contributed by atoms with Crippen LogP contribution in [-0.2, 0) is 11.2 Å². The van der Waals surface area contributed by atoms with Crippen molar-refractivity contribution in [2.75, 3.05) is 6.54 Å². The molecule has 0 unspecified atom stereocenters. The predicted molar refractivity (Wildman–Crippen MR) is 105 cm³/mol. The van der Waals surface area contributed by atoms with E-state index in [0.717, 1.165) is 17.0 Å². The average Bonchev–Trinajstić information content (AvgIpc) is 2.88. The number of benzene rings is 2. The topological polar surface area (TPSA) is 75.7 Å². The van der Waals surface area contributed by atoms with Crippen LogP contribution < -0.4 is 5.32 Å². The van der Waals surface area contributed by atoms with Crippen LogP contribution in [-0.4, -0.2) is 41.0 Å². The minimum atomic E-state index is -1.02. The van der Waals surface area contributed by atoms with Gasteiger partial charge in [0.2, 0.25) is 0 Å². The molecule has 0 saturated heterocycles. The molecule has 0 saturated carbocycles. The lowest BCUT2D eigenvalue weighted by molar-refractivity contribution is 0.0468. The third-order valence-corrected chi connectivity index (χ3v) is 4.47. The monoisotopic (exact) mass is 416 g/mol. The van der Waals surface area contributed by atoms with Crippen molar-refractivity contribution in [1.29, 1.82) is 0 Å². The van der Waals surface area contributed by atoms with Gasteiger partial charge in [0.05, 0.1) is 23.7 Å². The summed E-state index contributed by atoms with van der Waals surface area (Å²) in [7, 11) is 0. The van der Waals surface area contributed by atoms with Crippen LogP contribution in [0.4, 0.5) is 13.6 Å². The molecule has 0 spiro atoms. The first-order valence-electron chi connectivity index (χ1n) is 9.44. The SMILES string of the molecule is CC(C)(C)OC(=O)N[C@@H](Cc1ccc(F)c(F)c1)CN1C(=O)c2ccccc2C1=O. The summed E-state index contributed by atoms with van der Waals surface area (Å²) in [6, 6.07) is 9.04. The Morgan fingerprint density at radius 1 is 1.03 bits per heavy atom. The van der Waals surface area contributed by atoms with Crippen LogP contribution in [0.1, 0.15) is 47.1 Å². The number of amides is 3. The average molecular weight is 416 g/mol. The van der Waals surface area contributed by atoms with Crippen molar-refractivity contribution in [3.8, 4) is 0 Å². The molecule has 0 bridgehead atoms. The number of fused-ring (bicyclic) bond motifs is 1. The van der Waals surface area contributed by atoms with E-state index < -0.39 is 41.2 Å². The van der Waals surface area contributed by atoms with Crippen LogP contribution in [0.25, 0.3) is 0 Å². The normalized spacial score (nSPS) is 14.5. The Bertz CT molecular complexity index is 966. The maximum Gasteiger partial charge on any atom is 0.407 e. The van der Waals surface area contributed by atoms with Crippen molar-refractivity contribution >= 4 is 17.9 Å². The van der Waals surface area contributed by atoms with Gasteiger partial charge in [-0.2, -0.15) is 0 Å². The number of nitrogens with zero attached hydrogens (tertiary/aromatic N) is 1. The lowest BCUT2D eigenvalue weighted by Crippen LogP contribution is -2.48. The first kappa shape index (κ1) is 21.4. The molecule has 1 N–H and O–H groups in total. The minimum absolute atomic E-state index is 0.0594. The number of hydrogen-bond donors (Lipinski definition) is 1. The molecule has 0 fully saturated rings. The zero-order valence-electron chi connectivity index (χ0n) is 16.9. The van der Waals surface area contributed by atoms with Gasteiger partial charge in [0.25, 0.3) is 11.8 Å². The number of alkyl carbamates (subject to hydrolysis) is 1. The smallest absolute Gasteiger partial charge is 0.407 e. The van der Waals surface area contributed by atoms with Gasteiger partial charge >= 0.3 is 6.09 Å². The van der Waals surface area contributed by atoms with Crippen molar-refractivity contribution in [2.24, 2.45) is 0 Å². The molecule has 2 aromatic rings. The molecule has 158 valence electrons. The third-order valence-electron chi connectivity index (χ3n) is 4.47. The Morgan fingerprint density at radius 2 is 1.63 bits per heavy atom. The molecule has 2 aromatic carbocycles. The Morgan fingerprint density at radius 3 is 2.17 bits per heavy atom. The van der Waals surface area contributed by atoms with Crippen molar-refractivity contribution in [3.05, 3.63) is 70.8 Å². The first-order valence-corrected chi connectivity index (χ1v) is 9.44. The second-order valence-electron chi connectivity index (χ2n) is 8.06. The second kappa shape index (κ2) is 8.22. The zero-order chi connectivity index (χ0) is 22.1. The Hall–Kier alpha value is -3.29. The first-order chi connectivity index (χ1) is 14.0. The molecule has 6 nitrogen and oxygen atoms in total. The number of rotatable bonds is 5. The minimum Gasteiger partial charge on any atom is -0.444 e. The Labute approximate surface area is 172 Å². The van der Waals surface area contributed by atoms with E-state index in [1.165, 1.54) is 6.07 Å². The molecule has 1 atom stereocenters. The number of nitrogens with one attached hydrogen (secondary N) is 1. The molecule has 0 radical (unpaired) electrons. The van der Waals surface area contributed by atoms with Gasteiger partial charge in [-0.15, -0.1) is 0 Å². The number of hydrogen-bond acceptors (Lipinski definition) is 4. The van der Waals surface area contributed by atoms with Gasteiger partial charge in [0.15, 0.2) is 11.6 Å². The summed E-state index contributed by atoms with van der Waals surface area (Å²) < 4.78 is 32.1. The highest BCUT2D eigenvalue weighted by molar-refractivity contribution is 6.21. The van der Waals surface area contributed by atoms with Crippen LogP contribution in [0, 0.1) is 11.6 Å². The maximum atomic E-state index is 13.6. The van der Waals surface area contributed by atoms with Gasteiger partial charge in [0.1, 0.15) is 5.60 Å². The highest BCUT2D eigenvalue weighted by atomic mass is 19.2. The van der Waals surface area contributed by atoms with Crippen molar-refractivity contribution in [1.82, 2.24) is 10.2 Å². The van der Waals surface area contributed by atoms with Crippen molar-refractivity contribution < 1.29 is 27.9 Å². The van der Waals surface area contributed by atoms with Crippen LogP contribution in [0.2, 0.25) is 0 Å². The largest absolute Gasteiger partial charge is 0.444 e. The number of ether oxygens (including phenoxy) is 1. The maximum absolute atomic E-state index is 13.6. The second-order valence-corrected chi connectivity index (χ2v) is 8.06. The number of imide groups is 1. The van der Waals surface area contributed by atoms with Gasteiger partial charge < -0.3 is 10.1 Å². The fourth-order valence-electron chi connectivity index (χ4n) is 3.21. The highest BCUT2D eigenvalue weighted by Gasteiger charge is 2.37. The summed E-state index contributed by atoms with van der Waals surface area (Å²) in [5, 5.41) is 2.63. The van der Waals surface area contributed by atoms with Gasteiger partial charge in [-0.25, -0.2) is 13.6 Å². The van der Waals surface area contributed by atoms with E-state index in [9.17, 15) is 23.2 Å². The Kier molecular flexibility index (Phi) is 5.87. The molecule has 30 heavy (non-hydrogen) atoms. The predicted octanol–water partition coefficient (Wildman–Crippen LogP) is 3.70. The molecule has 1 heterocycles. The molecule has 3 rings (SSSR count). The molecule has 1 aliphatic rings. The Balaban J connectivity index is 1.82.